The molecule has 0 heterocycles. The van der Waals surface area contributed by atoms with Crippen LogP contribution in [0.4, 0.5) is 0 Å². The molecule has 0 saturated carbocycles. The van der Waals surface area contributed by atoms with Gasteiger partial charge in [-0.15, -0.1) is 11.6 Å². The van der Waals surface area contributed by atoms with Gasteiger partial charge in [0.15, 0.2) is 0 Å². The summed E-state index contributed by atoms with van der Waals surface area (Å²) >= 11 is 5.69. The second-order valence-corrected chi connectivity index (χ2v) is 6.27. The van der Waals surface area contributed by atoms with Gasteiger partial charge in [0.2, 0.25) is 0 Å². The molecule has 0 radical (unpaired) electrons. The van der Waals surface area contributed by atoms with E-state index in [9.17, 15) is 8.42 Å². The summed E-state index contributed by atoms with van der Waals surface area (Å²) in [5.41, 5.74) is -0.287. The van der Waals surface area contributed by atoms with Crippen molar-refractivity contribution in [1.82, 2.24) is 0 Å². The third-order valence-corrected chi connectivity index (χ3v) is 2.37. The van der Waals surface area contributed by atoms with Gasteiger partial charge < -0.3 is 4.74 Å². The van der Waals surface area contributed by atoms with Crippen molar-refractivity contribution < 1.29 is 17.3 Å². The van der Waals surface area contributed by atoms with E-state index in [4.69, 9.17) is 16.3 Å². The van der Waals surface area contributed by atoms with Gasteiger partial charge in [0.1, 0.15) is 0 Å². The van der Waals surface area contributed by atoms with E-state index in [1.54, 1.807) is 0 Å². The standard InChI is InChI=1S/C9H19ClO4S/c1-9(2,3)14-8(7-10)5-6-13-15(4,11)12/h8H,5-7H2,1-4H3. The minimum atomic E-state index is -3.37. The van der Waals surface area contributed by atoms with Gasteiger partial charge >= 0.3 is 0 Å². The van der Waals surface area contributed by atoms with Gasteiger partial charge in [-0.1, -0.05) is 0 Å². The van der Waals surface area contributed by atoms with E-state index in [0.29, 0.717) is 12.3 Å². The van der Waals surface area contributed by atoms with Crippen molar-refractivity contribution >= 4 is 21.7 Å². The molecule has 0 aliphatic rings. The Kier molecular flexibility index (Phi) is 6.10. The van der Waals surface area contributed by atoms with E-state index in [1.807, 2.05) is 20.8 Å². The van der Waals surface area contributed by atoms with Gasteiger partial charge in [-0.2, -0.15) is 8.42 Å². The van der Waals surface area contributed by atoms with Crippen molar-refractivity contribution in [3.8, 4) is 0 Å². The summed E-state index contributed by atoms with van der Waals surface area (Å²) in [6.07, 6.45) is 1.30. The molecule has 0 aromatic carbocycles. The van der Waals surface area contributed by atoms with E-state index in [2.05, 4.69) is 4.18 Å². The zero-order chi connectivity index (χ0) is 12.1. The zero-order valence-electron chi connectivity index (χ0n) is 9.62. The van der Waals surface area contributed by atoms with Gasteiger partial charge in [0.25, 0.3) is 10.1 Å². The number of halogens is 1. The maximum Gasteiger partial charge on any atom is 0.264 e. The Morgan fingerprint density at radius 3 is 2.20 bits per heavy atom. The summed E-state index contributed by atoms with van der Waals surface area (Å²) in [5.74, 6) is 0.324. The Bertz CT molecular complexity index is 268. The monoisotopic (exact) mass is 258 g/mol. The lowest BCUT2D eigenvalue weighted by Gasteiger charge is -2.26. The first-order valence-corrected chi connectivity index (χ1v) is 7.07. The van der Waals surface area contributed by atoms with Gasteiger partial charge in [-0.3, -0.25) is 4.18 Å². The summed E-state index contributed by atoms with van der Waals surface area (Å²) < 4.78 is 31.6. The SMILES string of the molecule is CC(C)(C)OC(CCl)CCOS(C)(=O)=O. The molecule has 0 aliphatic heterocycles. The number of alkyl halides is 1. The normalized spacial score (nSPS) is 15.3. The van der Waals surface area contributed by atoms with Gasteiger partial charge in [-0.25, -0.2) is 0 Å². The van der Waals surface area contributed by atoms with E-state index < -0.39 is 10.1 Å². The van der Waals surface area contributed by atoms with Crippen LogP contribution >= 0.6 is 11.6 Å². The summed E-state index contributed by atoms with van der Waals surface area (Å²) in [6, 6.07) is 0. The number of rotatable bonds is 6. The molecule has 0 bridgehead atoms. The van der Waals surface area contributed by atoms with Crippen LogP contribution in [0.25, 0.3) is 0 Å². The summed E-state index contributed by atoms with van der Waals surface area (Å²) in [7, 11) is -3.37. The highest BCUT2D eigenvalue weighted by Gasteiger charge is 2.18. The minimum absolute atomic E-state index is 0.103. The zero-order valence-corrected chi connectivity index (χ0v) is 11.2. The van der Waals surface area contributed by atoms with Crippen molar-refractivity contribution in [1.29, 1.82) is 0 Å². The molecule has 1 unspecified atom stereocenters. The smallest absolute Gasteiger partial charge is 0.264 e. The summed E-state index contributed by atoms with van der Waals surface area (Å²) in [6.45, 7) is 5.87. The highest BCUT2D eigenvalue weighted by atomic mass is 35.5. The first-order chi connectivity index (χ1) is 6.64. The van der Waals surface area contributed by atoms with Crippen LogP contribution in [-0.4, -0.2) is 38.9 Å². The van der Waals surface area contributed by atoms with Crippen LogP contribution < -0.4 is 0 Å². The fraction of sp³-hybridized carbons (Fsp3) is 1.00. The molecule has 0 amide bonds. The van der Waals surface area contributed by atoms with Crippen LogP contribution in [0.1, 0.15) is 27.2 Å². The van der Waals surface area contributed by atoms with E-state index in [1.165, 1.54) is 0 Å². The largest absolute Gasteiger partial charge is 0.371 e. The second-order valence-electron chi connectivity index (χ2n) is 4.32. The van der Waals surface area contributed by atoms with Crippen LogP contribution in [0.3, 0.4) is 0 Å². The molecule has 92 valence electrons. The molecule has 0 fully saturated rings. The third kappa shape index (κ3) is 10.4. The Morgan fingerprint density at radius 1 is 1.33 bits per heavy atom. The van der Waals surface area contributed by atoms with E-state index in [0.717, 1.165) is 6.26 Å². The fourth-order valence-electron chi connectivity index (χ4n) is 0.999. The van der Waals surface area contributed by atoms with Crippen molar-refractivity contribution in [2.45, 2.75) is 38.9 Å². The molecular weight excluding hydrogens is 240 g/mol. The molecular formula is C9H19ClO4S. The second kappa shape index (κ2) is 6.03. The molecule has 0 spiro atoms. The molecule has 0 aromatic rings. The Morgan fingerprint density at radius 2 is 1.87 bits per heavy atom. The molecule has 15 heavy (non-hydrogen) atoms. The molecule has 0 aliphatic carbocycles. The Labute approximate surface area is 97.0 Å². The predicted octanol–water partition coefficient (Wildman–Crippen LogP) is 1.78. The summed E-state index contributed by atoms with van der Waals surface area (Å²) in [5, 5.41) is 0. The van der Waals surface area contributed by atoms with Gasteiger partial charge in [0.05, 0.1) is 24.6 Å². The Hall–Kier alpha value is 0.160. The van der Waals surface area contributed by atoms with Crippen LogP contribution in [0.2, 0.25) is 0 Å². The van der Waals surface area contributed by atoms with Crippen LogP contribution in [-0.2, 0) is 19.0 Å². The number of ether oxygens (including phenoxy) is 1. The molecule has 0 aromatic heterocycles. The topological polar surface area (TPSA) is 52.6 Å². The molecule has 1 atom stereocenters. The average Bonchev–Trinajstić information content (AvgIpc) is 1.97. The number of hydrogen-bond donors (Lipinski definition) is 0. The van der Waals surface area contributed by atoms with Crippen molar-refractivity contribution in [2.75, 3.05) is 18.7 Å². The lowest BCUT2D eigenvalue weighted by Crippen LogP contribution is -2.29. The van der Waals surface area contributed by atoms with Crippen molar-refractivity contribution in [2.24, 2.45) is 0 Å². The first kappa shape index (κ1) is 15.2. The molecule has 6 heteroatoms. The fourth-order valence-corrected chi connectivity index (χ4v) is 1.61. The highest BCUT2D eigenvalue weighted by Crippen LogP contribution is 2.14. The predicted molar refractivity (Wildman–Crippen MR) is 60.8 cm³/mol. The highest BCUT2D eigenvalue weighted by molar-refractivity contribution is 7.85. The van der Waals surface area contributed by atoms with Crippen molar-refractivity contribution in [3.05, 3.63) is 0 Å². The lowest BCUT2D eigenvalue weighted by molar-refractivity contribution is -0.0559. The Balaban J connectivity index is 3.92. The third-order valence-electron chi connectivity index (χ3n) is 1.43. The van der Waals surface area contributed by atoms with Gasteiger partial charge in [0, 0.05) is 5.88 Å². The molecule has 0 rings (SSSR count). The quantitative estimate of drug-likeness (QED) is 0.538. The van der Waals surface area contributed by atoms with Gasteiger partial charge in [-0.05, 0) is 27.2 Å². The van der Waals surface area contributed by atoms with Crippen LogP contribution in [0.15, 0.2) is 0 Å². The minimum Gasteiger partial charge on any atom is -0.371 e. The first-order valence-electron chi connectivity index (χ1n) is 4.72. The van der Waals surface area contributed by atoms with E-state index in [-0.39, 0.29) is 18.3 Å². The average molecular weight is 259 g/mol. The summed E-state index contributed by atoms with van der Waals surface area (Å²) in [4.78, 5) is 0. The van der Waals surface area contributed by atoms with E-state index >= 15 is 0 Å². The van der Waals surface area contributed by atoms with Crippen molar-refractivity contribution in [3.63, 3.8) is 0 Å². The molecule has 0 saturated heterocycles. The van der Waals surface area contributed by atoms with Crippen LogP contribution in [0, 0.1) is 0 Å². The molecule has 0 N–H and O–H groups in total. The number of hydrogen-bond acceptors (Lipinski definition) is 4. The van der Waals surface area contributed by atoms with Crippen LogP contribution in [0.5, 0.6) is 0 Å². The lowest BCUT2D eigenvalue weighted by atomic mass is 10.1. The maximum absolute atomic E-state index is 10.7. The maximum atomic E-state index is 10.7. The molecule has 4 nitrogen and oxygen atoms in total.